The number of imidazole rings is 1. The second kappa shape index (κ2) is 2.16. The number of rotatable bonds is 1. The molecule has 0 unspecified atom stereocenters. The van der Waals surface area contributed by atoms with Crippen molar-refractivity contribution >= 4 is 17.4 Å². The minimum atomic E-state index is 0.843. The van der Waals surface area contributed by atoms with E-state index in [2.05, 4.69) is 21.5 Å². The second-order valence-corrected chi connectivity index (χ2v) is 2.12. The normalized spacial score (nSPS) is 10.2. The summed E-state index contributed by atoms with van der Waals surface area (Å²) in [6.07, 6.45) is 6.71. The quantitative estimate of drug-likeness (QED) is 0.591. The molecule has 11 heavy (non-hydrogen) atoms. The average molecular weight is 147 g/mol. The molecule has 2 aromatic heterocycles. The Kier molecular flexibility index (Phi) is 1.18. The summed E-state index contributed by atoms with van der Waals surface area (Å²) in [5.74, 6) is 0. The van der Waals surface area contributed by atoms with Gasteiger partial charge in [-0.25, -0.2) is 9.55 Å². The van der Waals surface area contributed by atoms with Crippen LogP contribution in [-0.2, 0) is 0 Å². The van der Waals surface area contributed by atoms with E-state index in [0.29, 0.717) is 0 Å². The summed E-state index contributed by atoms with van der Waals surface area (Å²) in [6, 6.07) is 0. The maximum atomic E-state index is 4.06. The zero-order valence-electron chi connectivity index (χ0n) is 5.86. The third kappa shape index (κ3) is 0.797. The first-order valence-electron chi connectivity index (χ1n) is 3.22. The standard InChI is InChI=1S/C7H6N4/c1-2-11-5-10-6-3-8-4-9-7(6)11/h2-5H,1H2/p+1. The van der Waals surface area contributed by atoms with Gasteiger partial charge in [-0.1, -0.05) is 11.6 Å². The maximum absolute atomic E-state index is 4.06. The average Bonchev–Trinajstić information content (AvgIpc) is 2.47. The molecule has 0 saturated carbocycles. The lowest BCUT2D eigenvalue weighted by Crippen LogP contribution is -2.23. The Balaban J connectivity index is 2.86. The first kappa shape index (κ1) is 6.03. The number of nitrogens with one attached hydrogen (secondary N) is 1. The van der Waals surface area contributed by atoms with Crippen LogP contribution >= 0.6 is 0 Å². The lowest BCUT2D eigenvalue weighted by atomic mass is 10.6. The van der Waals surface area contributed by atoms with Gasteiger partial charge in [0.15, 0.2) is 18.2 Å². The largest absolute Gasteiger partial charge is 0.309 e. The van der Waals surface area contributed by atoms with Crippen molar-refractivity contribution in [3.63, 3.8) is 0 Å². The van der Waals surface area contributed by atoms with Crippen molar-refractivity contribution < 1.29 is 4.57 Å². The third-order valence-corrected chi connectivity index (χ3v) is 1.49. The lowest BCUT2D eigenvalue weighted by Gasteiger charge is -1.81. The van der Waals surface area contributed by atoms with Gasteiger partial charge in [0.05, 0.1) is 12.4 Å². The molecule has 54 valence electrons. The van der Waals surface area contributed by atoms with Crippen LogP contribution in [0.2, 0.25) is 0 Å². The molecule has 4 nitrogen and oxygen atoms in total. The van der Waals surface area contributed by atoms with Crippen molar-refractivity contribution in [2.24, 2.45) is 0 Å². The van der Waals surface area contributed by atoms with Crippen molar-refractivity contribution in [3.05, 3.63) is 25.4 Å². The fraction of sp³-hybridized carbons (Fsp3) is 0. The van der Waals surface area contributed by atoms with E-state index in [-0.39, 0.29) is 0 Å². The van der Waals surface area contributed by atoms with E-state index < -0.39 is 0 Å². The minimum absolute atomic E-state index is 0.843. The van der Waals surface area contributed by atoms with E-state index in [9.17, 15) is 0 Å². The Morgan fingerprint density at radius 2 is 2.55 bits per heavy atom. The molecule has 2 rings (SSSR count). The molecule has 0 aromatic carbocycles. The molecule has 2 aromatic rings. The van der Waals surface area contributed by atoms with Gasteiger partial charge in [-0.3, -0.25) is 4.98 Å². The number of fused-ring (bicyclic) bond motifs is 1. The summed E-state index contributed by atoms with van der Waals surface area (Å²) >= 11 is 0. The van der Waals surface area contributed by atoms with Gasteiger partial charge in [-0.2, -0.15) is 0 Å². The summed E-state index contributed by atoms with van der Waals surface area (Å²) < 4.78 is 1.80. The Labute approximate surface area is 63.2 Å². The predicted molar refractivity (Wildman–Crippen MR) is 40.5 cm³/mol. The van der Waals surface area contributed by atoms with Crippen LogP contribution in [0, 0.1) is 0 Å². The van der Waals surface area contributed by atoms with E-state index in [1.165, 1.54) is 6.33 Å². The molecule has 2 heterocycles. The zero-order valence-corrected chi connectivity index (χ0v) is 5.86. The second-order valence-electron chi connectivity index (χ2n) is 2.12. The van der Waals surface area contributed by atoms with Crippen molar-refractivity contribution in [2.75, 3.05) is 0 Å². The summed E-state index contributed by atoms with van der Waals surface area (Å²) in [7, 11) is 0. The van der Waals surface area contributed by atoms with Gasteiger partial charge in [0.25, 0.3) is 0 Å². The first-order valence-corrected chi connectivity index (χ1v) is 3.22. The van der Waals surface area contributed by atoms with E-state index >= 15 is 0 Å². The Bertz CT molecular complexity index is 390. The Morgan fingerprint density at radius 1 is 1.64 bits per heavy atom. The van der Waals surface area contributed by atoms with Gasteiger partial charge in [0.2, 0.25) is 0 Å². The number of hydrogen-bond donors (Lipinski definition) is 1. The molecule has 0 radical (unpaired) electrons. The SMILES string of the molecule is C=C[n+]1c[nH]c2cncnc21. The predicted octanol–water partition coefficient (Wildman–Crippen LogP) is 0.346. The molecule has 0 spiro atoms. The van der Waals surface area contributed by atoms with Crippen LogP contribution < -0.4 is 4.57 Å². The first-order chi connectivity index (χ1) is 5.42. The molecule has 0 aliphatic carbocycles. The molecule has 0 aliphatic rings. The van der Waals surface area contributed by atoms with Gasteiger partial charge < -0.3 is 0 Å². The summed E-state index contributed by atoms with van der Waals surface area (Å²) in [5, 5.41) is 0. The van der Waals surface area contributed by atoms with Crippen LogP contribution in [0.1, 0.15) is 0 Å². The van der Waals surface area contributed by atoms with Crippen LogP contribution in [0.25, 0.3) is 17.4 Å². The number of aromatic amines is 1. The molecular formula is C7H7N4+. The van der Waals surface area contributed by atoms with Gasteiger partial charge in [0.1, 0.15) is 0 Å². The van der Waals surface area contributed by atoms with Gasteiger partial charge in [-0.15, -0.1) is 0 Å². The van der Waals surface area contributed by atoms with Gasteiger partial charge in [0, 0.05) is 0 Å². The van der Waals surface area contributed by atoms with Gasteiger partial charge in [-0.05, 0) is 0 Å². The molecular weight excluding hydrogens is 140 g/mol. The van der Waals surface area contributed by atoms with Crippen molar-refractivity contribution in [1.29, 1.82) is 0 Å². The highest BCUT2D eigenvalue weighted by atomic mass is 15.1. The topological polar surface area (TPSA) is 45.5 Å². The summed E-state index contributed by atoms with van der Waals surface area (Å²) in [6.45, 7) is 3.64. The van der Waals surface area contributed by atoms with Crippen LogP contribution in [0.3, 0.4) is 0 Å². The fourth-order valence-corrected chi connectivity index (χ4v) is 0.970. The highest BCUT2D eigenvalue weighted by Gasteiger charge is 2.06. The van der Waals surface area contributed by atoms with Crippen molar-refractivity contribution in [2.45, 2.75) is 0 Å². The molecule has 0 saturated heterocycles. The Hall–Kier alpha value is -1.71. The maximum Gasteiger partial charge on any atom is 0.309 e. The molecule has 0 atom stereocenters. The van der Waals surface area contributed by atoms with Crippen LogP contribution in [0.5, 0.6) is 0 Å². The van der Waals surface area contributed by atoms with E-state index in [4.69, 9.17) is 0 Å². The smallest absolute Gasteiger partial charge is 0.272 e. The summed E-state index contributed by atoms with van der Waals surface area (Å²) in [4.78, 5) is 10.9. The van der Waals surface area contributed by atoms with Crippen molar-refractivity contribution in [1.82, 2.24) is 15.0 Å². The summed E-state index contributed by atoms with van der Waals surface area (Å²) in [5.41, 5.74) is 1.75. The zero-order chi connectivity index (χ0) is 7.68. The molecule has 0 fully saturated rings. The lowest BCUT2D eigenvalue weighted by molar-refractivity contribution is -0.540. The van der Waals surface area contributed by atoms with Crippen LogP contribution in [-0.4, -0.2) is 15.0 Å². The highest BCUT2D eigenvalue weighted by Crippen LogP contribution is 1.98. The highest BCUT2D eigenvalue weighted by molar-refractivity contribution is 5.64. The molecule has 4 heteroatoms. The monoisotopic (exact) mass is 147 g/mol. The Morgan fingerprint density at radius 3 is 3.36 bits per heavy atom. The van der Waals surface area contributed by atoms with Crippen molar-refractivity contribution in [3.8, 4) is 0 Å². The minimum Gasteiger partial charge on any atom is -0.272 e. The van der Waals surface area contributed by atoms with Crippen LogP contribution in [0.15, 0.2) is 25.4 Å². The molecule has 0 aliphatic heterocycles. The molecule has 1 N–H and O–H groups in total. The fourth-order valence-electron chi connectivity index (χ4n) is 0.970. The van der Waals surface area contributed by atoms with E-state index in [0.717, 1.165) is 11.2 Å². The van der Waals surface area contributed by atoms with Gasteiger partial charge >= 0.3 is 5.65 Å². The van der Waals surface area contributed by atoms with Crippen LogP contribution in [0.4, 0.5) is 0 Å². The number of aromatic nitrogens is 4. The van der Waals surface area contributed by atoms with E-state index in [1.807, 2.05) is 0 Å². The number of H-pyrrole nitrogens is 1. The number of hydrogen-bond acceptors (Lipinski definition) is 2. The molecule has 0 amide bonds. The third-order valence-electron chi connectivity index (χ3n) is 1.49. The molecule has 0 bridgehead atoms. The van der Waals surface area contributed by atoms with E-state index in [1.54, 1.807) is 23.3 Å². The number of nitrogens with zero attached hydrogens (tertiary/aromatic N) is 3.